The topological polar surface area (TPSA) is 78.8 Å². The molecule has 1 aliphatic carbocycles. The Morgan fingerprint density at radius 2 is 1.86 bits per heavy atom. The van der Waals surface area contributed by atoms with Crippen LogP contribution in [0.5, 0.6) is 0 Å². The number of carbonyl (C=O) groups is 1. The molecule has 2 rings (SSSR count). The number of rotatable bonds is 10. The fourth-order valence-corrected chi connectivity index (χ4v) is 4.11. The van der Waals surface area contributed by atoms with Crippen LogP contribution >= 0.6 is 12.2 Å². The summed E-state index contributed by atoms with van der Waals surface area (Å²) < 4.78 is 25.7. The van der Waals surface area contributed by atoms with E-state index in [1.165, 1.54) is 25.7 Å². The first kappa shape index (κ1) is 23.5. The van der Waals surface area contributed by atoms with E-state index in [9.17, 15) is 13.2 Å². The molecule has 1 N–H and O–H groups in total. The zero-order valence-corrected chi connectivity index (χ0v) is 19.2. The Bertz CT molecular complexity index is 869. The molecule has 6 nitrogen and oxygen atoms in total. The molecular weight excluding hydrogens is 406 g/mol. The van der Waals surface area contributed by atoms with E-state index < -0.39 is 15.9 Å². The first-order valence-corrected chi connectivity index (χ1v) is 11.8. The van der Waals surface area contributed by atoms with Gasteiger partial charge in [-0.25, -0.2) is 0 Å². The van der Waals surface area contributed by atoms with Crippen molar-refractivity contribution >= 4 is 39.4 Å². The van der Waals surface area contributed by atoms with Crippen molar-refractivity contribution in [2.45, 2.75) is 70.6 Å². The van der Waals surface area contributed by atoms with Crippen LogP contribution in [0.4, 0.5) is 5.69 Å². The number of nitrogens with one attached hydrogen (secondary N) is 1. The van der Waals surface area contributed by atoms with Gasteiger partial charge in [0.25, 0.3) is 0 Å². The van der Waals surface area contributed by atoms with Gasteiger partial charge in [-0.2, -0.15) is 8.42 Å². The number of hydrogen-bond donors (Lipinski definition) is 1. The van der Waals surface area contributed by atoms with Crippen molar-refractivity contribution in [2.75, 3.05) is 13.6 Å². The maximum Gasteiger partial charge on any atom is 0.316 e. The quantitative estimate of drug-likeness (QED) is 0.433. The van der Waals surface area contributed by atoms with E-state index in [2.05, 4.69) is 16.6 Å². The van der Waals surface area contributed by atoms with Crippen LogP contribution in [0.15, 0.2) is 22.6 Å². The minimum Gasteiger partial charge on any atom is -0.365 e. The third-order valence-electron chi connectivity index (χ3n) is 5.53. The molecule has 0 atom stereocenters. The molecule has 1 amide bonds. The average Bonchev–Trinajstić information content (AvgIpc) is 3.50. The van der Waals surface area contributed by atoms with Crippen LogP contribution in [0.25, 0.3) is 0 Å². The predicted molar refractivity (Wildman–Crippen MR) is 120 cm³/mol. The molecular formula is C21H31N3O3S2. The first-order valence-electron chi connectivity index (χ1n) is 10.3. The lowest BCUT2D eigenvalue weighted by molar-refractivity contribution is -0.130. The van der Waals surface area contributed by atoms with Crippen LogP contribution in [0.2, 0.25) is 0 Å². The smallest absolute Gasteiger partial charge is 0.316 e. The molecule has 0 unspecified atom stereocenters. The van der Waals surface area contributed by atoms with Gasteiger partial charge < -0.3 is 5.32 Å². The fraction of sp³-hybridized carbons (Fsp3) is 0.619. The van der Waals surface area contributed by atoms with E-state index in [1.54, 1.807) is 24.9 Å². The van der Waals surface area contributed by atoms with E-state index in [0.717, 1.165) is 36.8 Å². The summed E-state index contributed by atoms with van der Waals surface area (Å²) in [6.45, 7) is 4.59. The highest BCUT2D eigenvalue weighted by atomic mass is 32.2. The Kier molecular flexibility index (Phi) is 8.77. The summed E-state index contributed by atoms with van der Waals surface area (Å²) in [5.74, 6) is -0.0107. The largest absolute Gasteiger partial charge is 0.365 e. The lowest BCUT2D eigenvalue weighted by atomic mass is 9.92. The Balaban J connectivity index is 2.18. The van der Waals surface area contributed by atoms with Crippen molar-refractivity contribution in [3.8, 4) is 0 Å². The molecule has 0 aromatic heterocycles. The van der Waals surface area contributed by atoms with Gasteiger partial charge in [0.1, 0.15) is 0 Å². The minimum absolute atomic E-state index is 0.0107. The van der Waals surface area contributed by atoms with Gasteiger partial charge in [0.2, 0.25) is 5.91 Å². The van der Waals surface area contributed by atoms with Gasteiger partial charge >= 0.3 is 10.5 Å². The van der Waals surface area contributed by atoms with Crippen molar-refractivity contribution < 1.29 is 13.2 Å². The summed E-state index contributed by atoms with van der Waals surface area (Å²) in [6, 6.07) is 5.45. The van der Waals surface area contributed by atoms with Gasteiger partial charge in [0.15, 0.2) is 5.11 Å². The van der Waals surface area contributed by atoms with Crippen LogP contribution in [0.3, 0.4) is 0 Å². The van der Waals surface area contributed by atoms with Gasteiger partial charge in [0, 0.05) is 13.6 Å². The SMILES string of the molecule is CCCCCCCCN(C(=O)C1(c2ccc(C)c(N=S(=O)=O)c2)CC1)C(=S)NC. The number of aryl methyl sites for hydroxylation is 1. The lowest BCUT2D eigenvalue weighted by Crippen LogP contribution is -2.47. The predicted octanol–water partition coefficient (Wildman–Crippen LogP) is 4.41. The summed E-state index contributed by atoms with van der Waals surface area (Å²) in [6.07, 6.45) is 8.30. The Labute approximate surface area is 180 Å². The van der Waals surface area contributed by atoms with Crippen molar-refractivity contribution in [3.63, 3.8) is 0 Å². The van der Waals surface area contributed by atoms with Crippen molar-refractivity contribution in [1.29, 1.82) is 0 Å². The maximum absolute atomic E-state index is 13.5. The summed E-state index contributed by atoms with van der Waals surface area (Å²) in [7, 11) is -0.797. The maximum atomic E-state index is 13.5. The standard InChI is InChI=1S/C21H31N3O3S2/c1-4-5-6-7-8-9-14-24(20(28)22-3)19(25)21(12-13-21)17-11-10-16(2)18(15-17)23-29(26)27/h10-11,15H,4-9,12-14H2,1-3H3,(H,22,28). The van der Waals surface area contributed by atoms with Gasteiger partial charge in [0.05, 0.1) is 11.1 Å². The number of carbonyl (C=O) groups excluding carboxylic acids is 1. The van der Waals surface area contributed by atoms with Crippen LogP contribution in [-0.4, -0.2) is 37.9 Å². The number of benzene rings is 1. The Morgan fingerprint density at radius 3 is 2.45 bits per heavy atom. The molecule has 160 valence electrons. The molecule has 29 heavy (non-hydrogen) atoms. The third kappa shape index (κ3) is 6.09. The van der Waals surface area contributed by atoms with E-state index in [0.29, 0.717) is 17.3 Å². The van der Waals surface area contributed by atoms with Crippen molar-refractivity contribution in [3.05, 3.63) is 29.3 Å². The zero-order valence-electron chi connectivity index (χ0n) is 17.5. The molecule has 1 aliphatic rings. The van der Waals surface area contributed by atoms with Crippen LogP contribution in [0.1, 0.15) is 69.4 Å². The van der Waals surface area contributed by atoms with Gasteiger partial charge in [-0.1, -0.05) is 51.2 Å². The van der Waals surface area contributed by atoms with Crippen molar-refractivity contribution in [2.24, 2.45) is 4.36 Å². The molecule has 1 fully saturated rings. The van der Waals surface area contributed by atoms with Crippen LogP contribution in [-0.2, 0) is 20.7 Å². The average molecular weight is 438 g/mol. The number of thiocarbonyl (C=S) groups is 1. The molecule has 1 saturated carbocycles. The number of amides is 1. The molecule has 0 bridgehead atoms. The van der Waals surface area contributed by atoms with E-state index in [-0.39, 0.29) is 5.91 Å². The Hall–Kier alpha value is -1.80. The van der Waals surface area contributed by atoms with E-state index in [1.807, 2.05) is 12.1 Å². The highest BCUT2D eigenvalue weighted by Gasteiger charge is 2.53. The zero-order chi connectivity index (χ0) is 21.4. The highest BCUT2D eigenvalue weighted by Crippen LogP contribution is 2.50. The van der Waals surface area contributed by atoms with E-state index in [4.69, 9.17) is 12.2 Å². The summed E-state index contributed by atoms with van der Waals surface area (Å²) in [5, 5.41) is 3.38. The van der Waals surface area contributed by atoms with Crippen molar-refractivity contribution in [1.82, 2.24) is 10.2 Å². The molecule has 0 saturated heterocycles. The van der Waals surface area contributed by atoms with Crippen LogP contribution in [0, 0.1) is 6.92 Å². The second-order valence-electron chi connectivity index (χ2n) is 7.67. The third-order valence-corrected chi connectivity index (χ3v) is 6.30. The molecule has 0 heterocycles. The van der Waals surface area contributed by atoms with Crippen LogP contribution < -0.4 is 5.32 Å². The normalized spacial score (nSPS) is 14.2. The van der Waals surface area contributed by atoms with E-state index >= 15 is 0 Å². The lowest BCUT2D eigenvalue weighted by Gasteiger charge is -2.28. The Morgan fingerprint density at radius 1 is 1.21 bits per heavy atom. The number of nitrogens with zero attached hydrogens (tertiary/aromatic N) is 2. The summed E-state index contributed by atoms with van der Waals surface area (Å²) >= 11 is 5.42. The molecule has 1 aromatic rings. The van der Waals surface area contributed by atoms with Gasteiger partial charge in [-0.05, 0) is 55.6 Å². The van der Waals surface area contributed by atoms with Gasteiger partial charge in [-0.15, -0.1) is 4.36 Å². The number of hydrogen-bond acceptors (Lipinski definition) is 5. The van der Waals surface area contributed by atoms with Gasteiger partial charge in [-0.3, -0.25) is 9.69 Å². The second-order valence-corrected chi connectivity index (χ2v) is 8.67. The molecule has 8 heteroatoms. The summed E-state index contributed by atoms with van der Waals surface area (Å²) in [5.41, 5.74) is 1.32. The fourth-order valence-electron chi connectivity index (χ4n) is 3.58. The molecule has 0 radical (unpaired) electrons. The second kappa shape index (κ2) is 10.8. The molecule has 0 spiro atoms. The first-order chi connectivity index (χ1) is 13.9. The summed E-state index contributed by atoms with van der Waals surface area (Å²) in [4.78, 5) is 15.1. The highest BCUT2D eigenvalue weighted by molar-refractivity contribution is 7.80. The molecule has 1 aromatic carbocycles. The minimum atomic E-state index is -2.53. The number of unbranched alkanes of at least 4 members (excludes halogenated alkanes) is 5. The molecule has 0 aliphatic heterocycles. The monoisotopic (exact) mass is 437 g/mol.